The number of carbonyl (C=O) groups is 1. The summed E-state index contributed by atoms with van der Waals surface area (Å²) in [4.78, 5) is 13.9. The highest BCUT2D eigenvalue weighted by atomic mass is 79.9. The van der Waals surface area contributed by atoms with E-state index in [9.17, 15) is 4.79 Å². The molecule has 0 fully saturated rings. The number of benzene rings is 1. The van der Waals surface area contributed by atoms with Crippen LogP contribution in [0.2, 0.25) is 0 Å². The number of rotatable bonds is 2. The lowest BCUT2D eigenvalue weighted by Gasteiger charge is -2.22. The van der Waals surface area contributed by atoms with Gasteiger partial charge >= 0.3 is 0 Å². The predicted octanol–water partition coefficient (Wildman–Crippen LogP) is 4.88. The van der Waals surface area contributed by atoms with Gasteiger partial charge in [-0.3, -0.25) is 4.79 Å². The normalized spacial score (nSPS) is 17.6. The zero-order chi connectivity index (χ0) is 14.1. The van der Waals surface area contributed by atoms with Crippen molar-refractivity contribution in [2.75, 3.05) is 5.32 Å². The Balaban J connectivity index is 1.83. The first kappa shape index (κ1) is 13.8. The first-order chi connectivity index (χ1) is 9.65. The van der Waals surface area contributed by atoms with Crippen LogP contribution in [0.5, 0.6) is 0 Å². The molecule has 3 rings (SSSR count). The van der Waals surface area contributed by atoms with Gasteiger partial charge in [-0.2, -0.15) is 0 Å². The van der Waals surface area contributed by atoms with Crippen LogP contribution < -0.4 is 5.32 Å². The molecule has 0 saturated heterocycles. The summed E-state index contributed by atoms with van der Waals surface area (Å²) in [7, 11) is 0. The van der Waals surface area contributed by atoms with Crippen LogP contribution in [0.3, 0.4) is 0 Å². The number of fused-ring (bicyclic) bond motifs is 1. The van der Waals surface area contributed by atoms with Crippen molar-refractivity contribution in [3.8, 4) is 0 Å². The maximum absolute atomic E-state index is 12.6. The van der Waals surface area contributed by atoms with Crippen LogP contribution >= 0.6 is 27.3 Å². The molecule has 1 aromatic heterocycles. The molecule has 1 unspecified atom stereocenters. The fourth-order valence-electron chi connectivity index (χ4n) is 2.71. The second kappa shape index (κ2) is 5.70. The molecule has 1 N–H and O–H groups in total. The van der Waals surface area contributed by atoms with E-state index in [2.05, 4.69) is 32.7 Å². The number of hydrogen-bond acceptors (Lipinski definition) is 2. The van der Waals surface area contributed by atoms with Crippen LogP contribution in [0, 0.1) is 6.92 Å². The first-order valence-electron chi connectivity index (χ1n) is 6.78. The van der Waals surface area contributed by atoms with Gasteiger partial charge in [-0.1, -0.05) is 22.0 Å². The van der Waals surface area contributed by atoms with Gasteiger partial charge in [-0.05, 0) is 60.9 Å². The minimum Gasteiger partial charge on any atom is -0.325 e. The van der Waals surface area contributed by atoms with Crippen molar-refractivity contribution in [1.29, 1.82) is 0 Å². The van der Waals surface area contributed by atoms with E-state index in [0.717, 1.165) is 35.0 Å². The van der Waals surface area contributed by atoms with Crippen molar-refractivity contribution in [2.24, 2.45) is 0 Å². The number of nitrogens with one attached hydrogen (secondary N) is 1. The van der Waals surface area contributed by atoms with E-state index < -0.39 is 0 Å². The van der Waals surface area contributed by atoms with E-state index in [1.165, 1.54) is 10.4 Å². The Labute approximate surface area is 131 Å². The summed E-state index contributed by atoms with van der Waals surface area (Å²) in [6.07, 6.45) is 3.17. The third kappa shape index (κ3) is 2.67. The molecule has 4 heteroatoms. The van der Waals surface area contributed by atoms with Gasteiger partial charge in [-0.15, -0.1) is 11.3 Å². The Bertz CT molecular complexity index is 650. The highest BCUT2D eigenvalue weighted by Gasteiger charge is 2.27. The summed E-state index contributed by atoms with van der Waals surface area (Å²) in [5.74, 6) is 0.119. The third-order valence-electron chi connectivity index (χ3n) is 3.83. The predicted molar refractivity (Wildman–Crippen MR) is 87.5 cm³/mol. The van der Waals surface area contributed by atoms with Gasteiger partial charge in [-0.25, -0.2) is 0 Å². The second-order valence-electron chi connectivity index (χ2n) is 5.19. The maximum Gasteiger partial charge on any atom is 0.231 e. The lowest BCUT2D eigenvalue weighted by Crippen LogP contribution is -2.24. The zero-order valence-corrected chi connectivity index (χ0v) is 13.7. The maximum atomic E-state index is 12.6. The first-order valence-corrected chi connectivity index (χ1v) is 8.45. The standard InChI is InChI=1S/C16H16BrNOS/c1-10-5-6-11(17)9-14(10)18-16(19)13-3-2-4-15-12(13)7-8-20-15/h5-9,13H,2-4H2,1H3,(H,18,19). The Hall–Kier alpha value is -1.13. The number of thiophene rings is 1. The smallest absolute Gasteiger partial charge is 0.231 e. The Morgan fingerprint density at radius 1 is 1.40 bits per heavy atom. The van der Waals surface area contributed by atoms with Crippen molar-refractivity contribution in [3.63, 3.8) is 0 Å². The van der Waals surface area contributed by atoms with Gasteiger partial charge in [0, 0.05) is 15.0 Å². The second-order valence-corrected chi connectivity index (χ2v) is 7.11. The molecule has 0 saturated carbocycles. The van der Waals surface area contributed by atoms with E-state index >= 15 is 0 Å². The number of amides is 1. The summed E-state index contributed by atoms with van der Waals surface area (Å²) in [6, 6.07) is 8.07. The molecule has 20 heavy (non-hydrogen) atoms. The minimum absolute atomic E-state index is 0.00313. The Morgan fingerprint density at radius 3 is 3.10 bits per heavy atom. The SMILES string of the molecule is Cc1ccc(Br)cc1NC(=O)C1CCCc2sccc21. The van der Waals surface area contributed by atoms with E-state index in [4.69, 9.17) is 0 Å². The fourth-order valence-corrected chi connectivity index (χ4v) is 4.06. The van der Waals surface area contributed by atoms with Crippen LogP contribution in [0.4, 0.5) is 5.69 Å². The van der Waals surface area contributed by atoms with Gasteiger partial charge in [0.1, 0.15) is 0 Å². The molecule has 1 aliphatic rings. The third-order valence-corrected chi connectivity index (χ3v) is 5.32. The molecule has 1 aromatic carbocycles. The summed E-state index contributed by atoms with van der Waals surface area (Å²) >= 11 is 5.22. The molecule has 0 spiro atoms. The molecule has 2 nitrogen and oxygen atoms in total. The quantitative estimate of drug-likeness (QED) is 0.822. The van der Waals surface area contributed by atoms with Crippen LogP contribution in [0.1, 0.15) is 34.8 Å². The molecule has 0 radical (unpaired) electrons. The van der Waals surface area contributed by atoms with Crippen LogP contribution in [0.15, 0.2) is 34.1 Å². The van der Waals surface area contributed by atoms with Gasteiger partial charge < -0.3 is 5.32 Å². The van der Waals surface area contributed by atoms with Crippen molar-refractivity contribution in [2.45, 2.75) is 32.1 Å². The van der Waals surface area contributed by atoms with E-state index in [0.29, 0.717) is 0 Å². The van der Waals surface area contributed by atoms with Crippen molar-refractivity contribution < 1.29 is 4.79 Å². The molecular formula is C16H16BrNOS. The fraction of sp³-hybridized carbons (Fsp3) is 0.312. The summed E-state index contributed by atoms with van der Waals surface area (Å²) in [5.41, 5.74) is 3.21. The largest absolute Gasteiger partial charge is 0.325 e. The van der Waals surface area contributed by atoms with Crippen molar-refractivity contribution in [3.05, 3.63) is 50.1 Å². The lowest BCUT2D eigenvalue weighted by atomic mass is 9.87. The average Bonchev–Trinajstić information content (AvgIpc) is 2.91. The molecule has 1 atom stereocenters. The highest BCUT2D eigenvalue weighted by molar-refractivity contribution is 9.10. The number of hydrogen-bond donors (Lipinski definition) is 1. The molecular weight excluding hydrogens is 334 g/mol. The highest BCUT2D eigenvalue weighted by Crippen LogP contribution is 2.36. The number of aryl methyl sites for hydroxylation is 2. The van der Waals surface area contributed by atoms with Gasteiger partial charge in [0.25, 0.3) is 0 Å². The van der Waals surface area contributed by atoms with Crippen LogP contribution in [0.25, 0.3) is 0 Å². The van der Waals surface area contributed by atoms with E-state index in [-0.39, 0.29) is 11.8 Å². The molecule has 1 heterocycles. The van der Waals surface area contributed by atoms with Gasteiger partial charge in [0.15, 0.2) is 0 Å². The zero-order valence-electron chi connectivity index (χ0n) is 11.3. The number of halogens is 1. The molecule has 0 aliphatic heterocycles. The van der Waals surface area contributed by atoms with Crippen molar-refractivity contribution in [1.82, 2.24) is 0 Å². The lowest BCUT2D eigenvalue weighted by molar-refractivity contribution is -0.117. The summed E-state index contributed by atoms with van der Waals surface area (Å²) in [6.45, 7) is 2.01. The number of anilines is 1. The molecule has 1 amide bonds. The summed E-state index contributed by atoms with van der Waals surface area (Å²) < 4.78 is 0.985. The molecule has 2 aromatic rings. The molecule has 104 valence electrons. The Kier molecular flexibility index (Phi) is 3.94. The van der Waals surface area contributed by atoms with E-state index in [1.807, 2.05) is 25.1 Å². The molecule has 0 bridgehead atoms. The van der Waals surface area contributed by atoms with Crippen molar-refractivity contribution >= 4 is 38.9 Å². The van der Waals surface area contributed by atoms with Gasteiger partial charge in [0.2, 0.25) is 5.91 Å². The topological polar surface area (TPSA) is 29.1 Å². The monoisotopic (exact) mass is 349 g/mol. The summed E-state index contributed by atoms with van der Waals surface area (Å²) in [5, 5.41) is 5.18. The number of carbonyl (C=O) groups excluding carboxylic acids is 1. The average molecular weight is 350 g/mol. The van der Waals surface area contributed by atoms with Crippen LogP contribution in [-0.2, 0) is 11.2 Å². The Morgan fingerprint density at radius 2 is 2.25 bits per heavy atom. The van der Waals surface area contributed by atoms with Crippen LogP contribution in [-0.4, -0.2) is 5.91 Å². The molecule has 1 aliphatic carbocycles. The van der Waals surface area contributed by atoms with Gasteiger partial charge in [0.05, 0.1) is 5.92 Å². The minimum atomic E-state index is 0.00313. The van der Waals surface area contributed by atoms with E-state index in [1.54, 1.807) is 11.3 Å².